The number of nitrogens with two attached hydrogens (primary N) is 1. The van der Waals surface area contributed by atoms with Crippen molar-refractivity contribution in [2.45, 2.75) is 38.8 Å². The predicted molar refractivity (Wildman–Crippen MR) is 184 cm³/mol. The first kappa shape index (κ1) is 33.7. The summed E-state index contributed by atoms with van der Waals surface area (Å²) in [4.78, 5) is 33.6. The third-order valence-electron chi connectivity index (χ3n) is 8.39. The Bertz CT molecular complexity index is 1990. The summed E-state index contributed by atoms with van der Waals surface area (Å²) in [5, 5.41) is 23.8. The Hall–Kier alpha value is -5.67. The number of likely N-dealkylation sites (tertiary alicyclic amines) is 1. The van der Waals surface area contributed by atoms with Crippen LogP contribution in [0, 0.1) is 28.4 Å². The molecule has 5 N–H and O–H groups in total. The van der Waals surface area contributed by atoms with E-state index in [4.69, 9.17) is 11.1 Å². The number of amides is 1. The molecule has 0 saturated carbocycles. The Morgan fingerprint density at radius 3 is 2.46 bits per heavy atom. The van der Waals surface area contributed by atoms with Crippen LogP contribution in [0.5, 0.6) is 0 Å². The maximum atomic E-state index is 15.6. The molecule has 246 valence electrons. The van der Waals surface area contributed by atoms with E-state index in [-0.39, 0.29) is 51.5 Å². The lowest BCUT2D eigenvalue weighted by Crippen LogP contribution is -2.38. The Balaban J connectivity index is 1.43. The van der Waals surface area contributed by atoms with E-state index >= 15 is 4.39 Å². The van der Waals surface area contributed by atoms with Gasteiger partial charge in [-0.15, -0.1) is 0 Å². The van der Waals surface area contributed by atoms with Gasteiger partial charge in [0, 0.05) is 64.8 Å². The van der Waals surface area contributed by atoms with E-state index in [1.165, 1.54) is 59.6 Å². The highest BCUT2D eigenvalue weighted by atomic mass is 19.1. The van der Waals surface area contributed by atoms with Crippen molar-refractivity contribution in [2.75, 3.05) is 31.2 Å². The predicted octanol–water partition coefficient (Wildman–Crippen LogP) is 5.82. The van der Waals surface area contributed by atoms with Crippen molar-refractivity contribution < 1.29 is 13.6 Å². The smallest absolute Gasteiger partial charge is 0.261 e. The number of carbonyl (C=O) groups is 1. The first-order valence-electron chi connectivity index (χ1n) is 15.5. The van der Waals surface area contributed by atoms with Gasteiger partial charge in [0.1, 0.15) is 34.8 Å². The summed E-state index contributed by atoms with van der Waals surface area (Å²) >= 11 is 0. The van der Waals surface area contributed by atoms with Crippen molar-refractivity contribution in [3.8, 4) is 28.3 Å². The van der Waals surface area contributed by atoms with Gasteiger partial charge in [-0.05, 0) is 88.8 Å². The van der Waals surface area contributed by atoms with Gasteiger partial charge in [-0.3, -0.25) is 9.59 Å². The lowest BCUT2D eigenvalue weighted by atomic mass is 9.99. The van der Waals surface area contributed by atoms with Gasteiger partial charge >= 0.3 is 0 Å². The minimum Gasteiger partial charge on any atom is -0.388 e. The quantitative estimate of drug-likeness (QED) is 0.167. The Labute approximate surface area is 277 Å². The van der Waals surface area contributed by atoms with Crippen molar-refractivity contribution in [1.29, 1.82) is 10.7 Å². The highest BCUT2D eigenvalue weighted by molar-refractivity contribution is 6.08. The number of halogens is 2. The summed E-state index contributed by atoms with van der Waals surface area (Å²) in [5.74, 6) is -1.94. The number of hydrogen-bond donors (Lipinski definition) is 4. The number of aromatic nitrogens is 2. The zero-order valence-electron chi connectivity index (χ0n) is 26.8. The maximum absolute atomic E-state index is 15.6. The van der Waals surface area contributed by atoms with Crippen LogP contribution in [0.15, 0.2) is 71.9 Å². The number of nitriles is 1. The van der Waals surface area contributed by atoms with Crippen molar-refractivity contribution in [1.82, 2.24) is 19.8 Å². The van der Waals surface area contributed by atoms with Gasteiger partial charge < -0.3 is 31.2 Å². The highest BCUT2D eigenvalue weighted by Crippen LogP contribution is 2.31. The first-order chi connectivity index (χ1) is 23.0. The normalized spacial score (nSPS) is 14.1. The zero-order valence-corrected chi connectivity index (χ0v) is 26.8. The van der Waals surface area contributed by atoms with Crippen LogP contribution >= 0.6 is 0 Å². The number of nitrogens with zero attached hydrogens (tertiary/aromatic N) is 4. The number of pyridine rings is 2. The molecule has 2 aromatic heterocycles. The summed E-state index contributed by atoms with van der Waals surface area (Å²) in [6, 6.07) is 12.8. The van der Waals surface area contributed by atoms with Crippen LogP contribution in [0.4, 0.5) is 20.3 Å². The highest BCUT2D eigenvalue weighted by Gasteiger charge is 2.23. The third-order valence-corrected chi connectivity index (χ3v) is 8.39. The van der Waals surface area contributed by atoms with Crippen LogP contribution in [0.1, 0.15) is 54.3 Å². The molecule has 10 nitrogen and oxygen atoms in total. The largest absolute Gasteiger partial charge is 0.388 e. The molecule has 0 unspecified atom stereocenters. The summed E-state index contributed by atoms with van der Waals surface area (Å²) in [6.45, 7) is 5.54. The standard InChI is InChI=1S/C36H36F2N8O2/c1-21(2)46-20-30(34(47)33(32(46)17-40)22-4-6-25(37)7-5-22)36(48)44-27-8-9-28(31(38)15-27)29-14-23(18-43-35(29)41)24(16-39)19-42-26-10-12-45(3)13-11-26/h4-9,14-16,18-21,26,39,42H,10-13H2,1-3H3,(H2,41,43)(H,44,48)/b24-19+,39-16?. The van der Waals surface area contributed by atoms with E-state index in [0.717, 1.165) is 32.0 Å². The summed E-state index contributed by atoms with van der Waals surface area (Å²) in [6.07, 6.45) is 7.75. The van der Waals surface area contributed by atoms with E-state index in [2.05, 4.69) is 27.6 Å². The molecule has 0 bridgehead atoms. The molecule has 1 fully saturated rings. The van der Waals surface area contributed by atoms with Crippen LogP contribution in [0.3, 0.4) is 0 Å². The van der Waals surface area contributed by atoms with Gasteiger partial charge in [-0.2, -0.15) is 5.26 Å². The average Bonchev–Trinajstić information content (AvgIpc) is 3.06. The number of carbonyl (C=O) groups excluding carboxylic acids is 1. The van der Waals surface area contributed by atoms with Crippen molar-refractivity contribution in [3.05, 3.63) is 106 Å². The average molecular weight is 651 g/mol. The number of nitrogen functional groups attached to an aromatic ring is 1. The third kappa shape index (κ3) is 7.16. The second-order valence-electron chi connectivity index (χ2n) is 12.0. The van der Waals surface area contributed by atoms with Gasteiger partial charge in [0.05, 0.1) is 5.56 Å². The summed E-state index contributed by atoms with van der Waals surface area (Å²) in [5.41, 5.74) is 7.09. The second-order valence-corrected chi connectivity index (χ2v) is 12.0. The number of benzene rings is 2. The Morgan fingerprint density at radius 1 is 1.12 bits per heavy atom. The fraction of sp³-hybridized carbons (Fsp3) is 0.250. The van der Waals surface area contributed by atoms with Crippen molar-refractivity contribution >= 4 is 29.2 Å². The second kappa shape index (κ2) is 14.4. The minimum absolute atomic E-state index is 0.0283. The number of nitrogens with one attached hydrogen (secondary N) is 3. The van der Waals surface area contributed by atoms with Crippen molar-refractivity contribution in [3.63, 3.8) is 0 Å². The molecule has 1 saturated heterocycles. The van der Waals surface area contributed by atoms with Crippen LogP contribution in [0.2, 0.25) is 0 Å². The Kier molecular flexibility index (Phi) is 10.1. The summed E-state index contributed by atoms with van der Waals surface area (Å²) < 4.78 is 30.8. The summed E-state index contributed by atoms with van der Waals surface area (Å²) in [7, 11) is 2.09. The van der Waals surface area contributed by atoms with Gasteiger partial charge in [0.25, 0.3) is 5.91 Å². The molecule has 1 amide bonds. The molecule has 5 rings (SSSR count). The van der Waals surface area contributed by atoms with E-state index in [1.807, 2.05) is 6.07 Å². The lowest BCUT2D eigenvalue weighted by Gasteiger charge is -2.29. The number of rotatable bonds is 9. The molecule has 0 radical (unpaired) electrons. The van der Waals surface area contributed by atoms with Gasteiger partial charge in [-0.1, -0.05) is 12.1 Å². The number of allylic oxidation sites excluding steroid dienone is 1. The SMILES string of the molecule is CC(C)n1cc(C(=O)Nc2ccc(-c3cc(/C(C=N)=C/NC4CCN(C)CC4)cnc3N)c(F)c2)c(=O)c(-c2ccc(F)cc2)c1C#N. The van der Waals surface area contributed by atoms with Crippen LogP contribution < -0.4 is 21.8 Å². The molecule has 12 heteroatoms. The molecule has 48 heavy (non-hydrogen) atoms. The molecule has 0 atom stereocenters. The van der Waals surface area contributed by atoms with Crippen molar-refractivity contribution in [2.24, 2.45) is 0 Å². The molecule has 2 aromatic carbocycles. The molecule has 1 aliphatic rings. The Morgan fingerprint density at radius 2 is 1.83 bits per heavy atom. The number of hydrogen-bond acceptors (Lipinski definition) is 8. The van der Waals surface area contributed by atoms with E-state index < -0.39 is 23.0 Å². The fourth-order valence-electron chi connectivity index (χ4n) is 5.65. The first-order valence-corrected chi connectivity index (χ1v) is 15.5. The van der Waals surface area contributed by atoms with E-state index in [0.29, 0.717) is 16.7 Å². The number of piperidine rings is 1. The van der Waals surface area contributed by atoms with Gasteiger partial charge in [-0.25, -0.2) is 13.8 Å². The molecular weight excluding hydrogens is 614 g/mol. The molecular formula is C36H36F2N8O2. The molecule has 0 aliphatic carbocycles. The minimum atomic E-state index is -0.810. The molecule has 3 heterocycles. The lowest BCUT2D eigenvalue weighted by molar-refractivity contribution is 0.102. The van der Waals surface area contributed by atoms with Gasteiger partial charge in [0.15, 0.2) is 0 Å². The van der Waals surface area contributed by atoms with Crippen LogP contribution in [-0.2, 0) is 0 Å². The van der Waals surface area contributed by atoms with Gasteiger partial charge in [0.2, 0.25) is 5.43 Å². The van der Waals surface area contributed by atoms with Crippen LogP contribution in [0.25, 0.3) is 27.8 Å². The number of anilines is 2. The molecule has 1 aliphatic heterocycles. The van der Waals surface area contributed by atoms with E-state index in [9.17, 15) is 19.2 Å². The van der Waals surface area contributed by atoms with E-state index in [1.54, 1.807) is 26.1 Å². The monoisotopic (exact) mass is 650 g/mol. The maximum Gasteiger partial charge on any atom is 0.261 e. The zero-order chi connectivity index (χ0) is 34.5. The fourth-order valence-corrected chi connectivity index (χ4v) is 5.65. The van der Waals surface area contributed by atoms with Crippen LogP contribution in [-0.4, -0.2) is 52.8 Å². The molecule has 4 aromatic rings. The topological polar surface area (TPSA) is 153 Å². The molecule has 0 spiro atoms.